The van der Waals surface area contributed by atoms with Gasteiger partial charge >= 0.3 is 0 Å². The predicted molar refractivity (Wildman–Crippen MR) is 80.3 cm³/mol. The average molecular weight is 294 g/mol. The fourth-order valence-electron chi connectivity index (χ4n) is 3.84. The lowest BCUT2D eigenvalue weighted by molar-refractivity contribution is 0.100. The lowest BCUT2D eigenvalue weighted by Crippen LogP contribution is -2.61. The number of rotatable bonds is 3. The summed E-state index contributed by atoms with van der Waals surface area (Å²) in [6, 6.07) is 3.83. The van der Waals surface area contributed by atoms with Crippen LogP contribution >= 0.6 is 0 Å². The van der Waals surface area contributed by atoms with E-state index in [1.165, 1.54) is 44.2 Å². The van der Waals surface area contributed by atoms with Gasteiger partial charge in [-0.3, -0.25) is 4.90 Å². The Balaban J connectivity index is 1.57. The maximum Gasteiger partial charge on any atom is 0.126 e. The quantitative estimate of drug-likeness (QED) is 0.921. The smallest absolute Gasteiger partial charge is 0.126 e. The molecule has 2 nitrogen and oxygen atoms in total. The Labute approximate surface area is 125 Å². The number of piperazine rings is 1. The van der Waals surface area contributed by atoms with Crippen molar-refractivity contribution in [3.05, 3.63) is 35.4 Å². The Hall–Kier alpha value is -1.00. The van der Waals surface area contributed by atoms with Gasteiger partial charge in [-0.2, -0.15) is 0 Å². The molecule has 0 bridgehead atoms. The molecule has 1 saturated heterocycles. The first-order valence-corrected chi connectivity index (χ1v) is 8.08. The summed E-state index contributed by atoms with van der Waals surface area (Å²) in [6.07, 6.45) is 7.22. The van der Waals surface area contributed by atoms with Crippen LogP contribution in [-0.2, 0) is 6.42 Å². The van der Waals surface area contributed by atoms with Crippen molar-refractivity contribution < 1.29 is 8.78 Å². The Bertz CT molecular complexity index is 458. The summed E-state index contributed by atoms with van der Waals surface area (Å²) in [6.45, 7) is 4.01. The third-order valence-corrected chi connectivity index (χ3v) is 4.90. The van der Waals surface area contributed by atoms with Crippen molar-refractivity contribution in [1.29, 1.82) is 0 Å². The molecule has 1 aliphatic carbocycles. The van der Waals surface area contributed by atoms with E-state index in [-0.39, 0.29) is 0 Å². The highest BCUT2D eigenvalue weighted by Crippen LogP contribution is 2.30. The molecule has 2 aliphatic rings. The summed E-state index contributed by atoms with van der Waals surface area (Å²) in [5, 5.41) is 3.72. The fraction of sp³-hybridized carbons (Fsp3) is 0.647. The summed E-state index contributed by atoms with van der Waals surface area (Å²) >= 11 is 0. The van der Waals surface area contributed by atoms with E-state index in [0.29, 0.717) is 12.0 Å². The van der Waals surface area contributed by atoms with Gasteiger partial charge in [-0.1, -0.05) is 19.3 Å². The van der Waals surface area contributed by atoms with Crippen LogP contribution in [-0.4, -0.2) is 36.6 Å². The first-order valence-electron chi connectivity index (χ1n) is 8.08. The fourth-order valence-corrected chi connectivity index (χ4v) is 3.84. The van der Waals surface area contributed by atoms with E-state index >= 15 is 0 Å². The van der Waals surface area contributed by atoms with Crippen molar-refractivity contribution in [2.24, 2.45) is 0 Å². The molecule has 1 spiro atoms. The van der Waals surface area contributed by atoms with E-state index < -0.39 is 11.6 Å². The largest absolute Gasteiger partial charge is 0.309 e. The van der Waals surface area contributed by atoms with Gasteiger partial charge in [0.1, 0.15) is 11.6 Å². The highest BCUT2D eigenvalue weighted by Gasteiger charge is 2.35. The number of halogens is 2. The van der Waals surface area contributed by atoms with Gasteiger partial charge in [0, 0.05) is 37.8 Å². The molecule has 1 aliphatic heterocycles. The van der Waals surface area contributed by atoms with Gasteiger partial charge in [0.05, 0.1) is 0 Å². The number of hydrogen-bond donors (Lipinski definition) is 1. The van der Waals surface area contributed by atoms with E-state index in [4.69, 9.17) is 0 Å². The zero-order chi connectivity index (χ0) is 14.7. The van der Waals surface area contributed by atoms with Crippen LogP contribution in [0.3, 0.4) is 0 Å². The Kier molecular flexibility index (Phi) is 4.55. The number of benzene rings is 1. The Morgan fingerprint density at radius 1 is 1.05 bits per heavy atom. The van der Waals surface area contributed by atoms with Gasteiger partial charge < -0.3 is 5.32 Å². The summed E-state index contributed by atoms with van der Waals surface area (Å²) in [7, 11) is 0. The average Bonchev–Trinajstić information content (AvgIpc) is 2.45. The molecular formula is C17H24F2N2. The molecule has 0 aromatic heterocycles. The van der Waals surface area contributed by atoms with E-state index in [1.54, 1.807) is 0 Å². The Morgan fingerprint density at radius 2 is 1.76 bits per heavy atom. The molecule has 0 atom stereocenters. The second kappa shape index (κ2) is 6.41. The highest BCUT2D eigenvalue weighted by molar-refractivity contribution is 5.18. The van der Waals surface area contributed by atoms with Gasteiger partial charge in [0.2, 0.25) is 0 Å². The molecule has 2 fully saturated rings. The minimum atomic E-state index is -0.478. The van der Waals surface area contributed by atoms with Crippen molar-refractivity contribution in [2.75, 3.05) is 26.2 Å². The molecule has 1 N–H and O–H groups in total. The summed E-state index contributed by atoms with van der Waals surface area (Å²) in [5.74, 6) is -0.955. The van der Waals surface area contributed by atoms with Crippen LogP contribution in [0.15, 0.2) is 18.2 Å². The van der Waals surface area contributed by atoms with Crippen molar-refractivity contribution in [3.8, 4) is 0 Å². The molecule has 1 heterocycles. The summed E-state index contributed by atoms with van der Waals surface area (Å²) in [5.41, 5.74) is 1.05. The second-order valence-corrected chi connectivity index (χ2v) is 6.57. The van der Waals surface area contributed by atoms with E-state index in [1.807, 2.05) is 0 Å². The Morgan fingerprint density at radius 3 is 2.48 bits per heavy atom. The third kappa shape index (κ3) is 3.80. The highest BCUT2D eigenvalue weighted by atomic mass is 19.1. The maximum atomic E-state index is 13.2. The van der Waals surface area contributed by atoms with Gasteiger partial charge in [0.15, 0.2) is 0 Å². The normalized spacial score (nSPS) is 22.6. The minimum Gasteiger partial charge on any atom is -0.309 e. The molecule has 116 valence electrons. The SMILES string of the molecule is Fc1cc(F)cc(CCN2CCNC3(CCCCC3)C2)c1. The number of nitrogens with zero attached hydrogens (tertiary/aromatic N) is 1. The van der Waals surface area contributed by atoms with Crippen LogP contribution < -0.4 is 5.32 Å². The molecule has 4 heteroatoms. The molecule has 1 aromatic carbocycles. The monoisotopic (exact) mass is 294 g/mol. The zero-order valence-electron chi connectivity index (χ0n) is 12.5. The zero-order valence-corrected chi connectivity index (χ0v) is 12.5. The van der Waals surface area contributed by atoms with E-state index in [9.17, 15) is 8.78 Å². The van der Waals surface area contributed by atoms with E-state index in [2.05, 4.69) is 10.2 Å². The van der Waals surface area contributed by atoms with Crippen molar-refractivity contribution in [2.45, 2.75) is 44.1 Å². The minimum absolute atomic E-state index is 0.295. The summed E-state index contributed by atoms with van der Waals surface area (Å²) < 4.78 is 26.4. The van der Waals surface area contributed by atoms with Crippen molar-refractivity contribution in [3.63, 3.8) is 0 Å². The molecular weight excluding hydrogens is 270 g/mol. The van der Waals surface area contributed by atoms with Crippen LogP contribution in [0.5, 0.6) is 0 Å². The van der Waals surface area contributed by atoms with Gasteiger partial charge in [-0.05, 0) is 37.0 Å². The molecule has 0 radical (unpaired) electrons. The molecule has 1 aromatic rings. The first kappa shape index (κ1) is 14.9. The van der Waals surface area contributed by atoms with Crippen LogP contribution in [0.2, 0.25) is 0 Å². The number of hydrogen-bond acceptors (Lipinski definition) is 2. The standard InChI is InChI=1S/C17H24F2N2/c18-15-10-14(11-16(19)12-15)4-8-21-9-7-20-17(13-21)5-2-1-3-6-17/h10-12,20H,1-9,13H2. The van der Waals surface area contributed by atoms with Gasteiger partial charge in [-0.25, -0.2) is 8.78 Å². The van der Waals surface area contributed by atoms with Crippen LogP contribution in [0.1, 0.15) is 37.7 Å². The summed E-state index contributed by atoms with van der Waals surface area (Å²) in [4.78, 5) is 2.45. The lowest BCUT2D eigenvalue weighted by Gasteiger charge is -2.46. The molecule has 0 amide bonds. The van der Waals surface area contributed by atoms with Crippen molar-refractivity contribution >= 4 is 0 Å². The second-order valence-electron chi connectivity index (χ2n) is 6.57. The third-order valence-electron chi connectivity index (χ3n) is 4.90. The maximum absolute atomic E-state index is 13.2. The van der Waals surface area contributed by atoms with Crippen LogP contribution in [0.25, 0.3) is 0 Å². The van der Waals surface area contributed by atoms with Crippen LogP contribution in [0.4, 0.5) is 8.78 Å². The molecule has 0 unspecified atom stereocenters. The van der Waals surface area contributed by atoms with Gasteiger partial charge in [-0.15, -0.1) is 0 Å². The van der Waals surface area contributed by atoms with Crippen molar-refractivity contribution in [1.82, 2.24) is 10.2 Å². The lowest BCUT2D eigenvalue weighted by atomic mass is 9.80. The van der Waals surface area contributed by atoms with E-state index in [0.717, 1.165) is 37.8 Å². The molecule has 21 heavy (non-hydrogen) atoms. The van der Waals surface area contributed by atoms with Gasteiger partial charge in [0.25, 0.3) is 0 Å². The first-order chi connectivity index (χ1) is 10.2. The molecule has 3 rings (SSSR count). The topological polar surface area (TPSA) is 15.3 Å². The number of nitrogens with one attached hydrogen (secondary N) is 1. The predicted octanol–water partition coefficient (Wildman–Crippen LogP) is 3.12. The van der Waals surface area contributed by atoms with Crippen LogP contribution in [0, 0.1) is 11.6 Å². The molecule has 1 saturated carbocycles.